The molecule has 0 unspecified atom stereocenters. The van der Waals surface area contributed by atoms with E-state index < -0.39 is 18.0 Å². The van der Waals surface area contributed by atoms with Crippen molar-refractivity contribution in [3.8, 4) is 0 Å². The summed E-state index contributed by atoms with van der Waals surface area (Å²) >= 11 is 0. The summed E-state index contributed by atoms with van der Waals surface area (Å²) in [6.45, 7) is 6.09. The maximum absolute atomic E-state index is 12.7. The summed E-state index contributed by atoms with van der Waals surface area (Å²) in [5.41, 5.74) is 0.684. The molecule has 36 heavy (non-hydrogen) atoms. The number of carbonyl (C=O) groups is 3. The van der Waals surface area contributed by atoms with Crippen molar-refractivity contribution in [1.82, 2.24) is 0 Å². The molecule has 2 saturated carbocycles. The molecule has 2 aliphatic rings. The van der Waals surface area contributed by atoms with Crippen molar-refractivity contribution in [3.05, 3.63) is 35.4 Å². The minimum absolute atomic E-state index is 0.0330. The number of rotatable bonds is 11. The third-order valence-corrected chi connectivity index (χ3v) is 7.96. The molecule has 200 valence electrons. The van der Waals surface area contributed by atoms with E-state index in [2.05, 4.69) is 6.92 Å². The van der Waals surface area contributed by atoms with E-state index in [9.17, 15) is 14.4 Å². The molecule has 6 heteroatoms. The number of esters is 3. The van der Waals surface area contributed by atoms with Gasteiger partial charge in [-0.15, -0.1) is 0 Å². The van der Waals surface area contributed by atoms with E-state index in [0.717, 1.165) is 56.3 Å². The highest BCUT2D eigenvalue weighted by Gasteiger charge is 2.32. The van der Waals surface area contributed by atoms with E-state index in [-0.39, 0.29) is 17.6 Å². The standard InChI is InChI=1S/C30H44O6/c1-4-6-20-34-28(31)21(3)35-29(32)25-12-14-26(15-13-25)30(33)36-27-18-16-24(17-19-27)23-10-8-22(7-5-2)9-11-23/h12-15,21-24,27H,4-11,16-20H2,1-3H3/t21-,22?,23?,24?,27?/m1/s1. The SMILES string of the molecule is CCCCOC(=O)[C@@H](C)OC(=O)c1ccc(C(=O)OC2CCC(C3CCC(CCC)CC3)CC2)cc1. The Morgan fingerprint density at radius 1 is 0.806 bits per heavy atom. The summed E-state index contributed by atoms with van der Waals surface area (Å²) in [6.07, 6.45) is 13.0. The first kappa shape index (κ1) is 28.2. The van der Waals surface area contributed by atoms with Crippen molar-refractivity contribution >= 4 is 17.9 Å². The van der Waals surface area contributed by atoms with Crippen molar-refractivity contribution in [1.29, 1.82) is 0 Å². The Labute approximate surface area is 216 Å². The summed E-state index contributed by atoms with van der Waals surface area (Å²) in [5, 5.41) is 0. The smallest absolute Gasteiger partial charge is 0.347 e. The zero-order valence-corrected chi connectivity index (χ0v) is 22.3. The van der Waals surface area contributed by atoms with Crippen molar-refractivity contribution in [2.24, 2.45) is 17.8 Å². The number of hydrogen-bond acceptors (Lipinski definition) is 6. The van der Waals surface area contributed by atoms with Gasteiger partial charge < -0.3 is 14.2 Å². The second-order valence-corrected chi connectivity index (χ2v) is 10.7. The number of benzene rings is 1. The lowest BCUT2D eigenvalue weighted by atomic mass is 9.70. The predicted octanol–water partition coefficient (Wildman–Crippen LogP) is 6.90. The van der Waals surface area contributed by atoms with Crippen molar-refractivity contribution < 1.29 is 28.6 Å². The highest BCUT2D eigenvalue weighted by Crippen LogP contribution is 2.41. The van der Waals surface area contributed by atoms with E-state index >= 15 is 0 Å². The molecule has 0 bridgehead atoms. The van der Waals surface area contributed by atoms with Crippen LogP contribution >= 0.6 is 0 Å². The maximum Gasteiger partial charge on any atom is 0.347 e. The molecular formula is C30H44O6. The van der Waals surface area contributed by atoms with E-state index in [1.807, 2.05) is 6.92 Å². The quantitative estimate of drug-likeness (QED) is 0.187. The summed E-state index contributed by atoms with van der Waals surface area (Å²) in [6, 6.07) is 6.20. The zero-order chi connectivity index (χ0) is 25.9. The third kappa shape index (κ3) is 8.35. The van der Waals surface area contributed by atoms with Gasteiger partial charge in [0.2, 0.25) is 0 Å². The monoisotopic (exact) mass is 500 g/mol. The lowest BCUT2D eigenvalue weighted by Crippen LogP contribution is -2.29. The summed E-state index contributed by atoms with van der Waals surface area (Å²) < 4.78 is 16.1. The van der Waals surface area contributed by atoms with Crippen LogP contribution in [0.4, 0.5) is 0 Å². The molecule has 0 heterocycles. The molecular weight excluding hydrogens is 456 g/mol. The average molecular weight is 501 g/mol. The van der Waals surface area contributed by atoms with Gasteiger partial charge in [0.05, 0.1) is 17.7 Å². The van der Waals surface area contributed by atoms with Gasteiger partial charge in [-0.25, -0.2) is 14.4 Å². The van der Waals surface area contributed by atoms with Crippen molar-refractivity contribution in [2.45, 2.75) is 110 Å². The lowest BCUT2D eigenvalue weighted by Gasteiger charge is -2.37. The molecule has 0 aromatic heterocycles. The van der Waals surface area contributed by atoms with Crippen LogP contribution in [0.2, 0.25) is 0 Å². The molecule has 2 aliphatic carbocycles. The molecule has 2 fully saturated rings. The minimum Gasteiger partial charge on any atom is -0.463 e. The second kappa shape index (κ2) is 14.4. The van der Waals surface area contributed by atoms with Gasteiger partial charge >= 0.3 is 17.9 Å². The molecule has 6 nitrogen and oxygen atoms in total. The van der Waals surface area contributed by atoms with Gasteiger partial charge in [0.1, 0.15) is 6.10 Å². The Hall–Kier alpha value is -2.37. The molecule has 0 saturated heterocycles. The highest BCUT2D eigenvalue weighted by molar-refractivity contribution is 5.94. The first-order valence-corrected chi connectivity index (χ1v) is 14.1. The zero-order valence-electron chi connectivity index (χ0n) is 22.3. The van der Waals surface area contributed by atoms with Crippen LogP contribution < -0.4 is 0 Å². The van der Waals surface area contributed by atoms with Crippen LogP contribution in [0.25, 0.3) is 0 Å². The Kier molecular flexibility index (Phi) is 11.3. The molecule has 0 amide bonds. The van der Waals surface area contributed by atoms with Crippen LogP contribution in [-0.2, 0) is 19.0 Å². The largest absolute Gasteiger partial charge is 0.463 e. The Morgan fingerprint density at radius 2 is 1.36 bits per heavy atom. The second-order valence-electron chi connectivity index (χ2n) is 10.7. The normalized spacial score (nSPS) is 25.0. The Morgan fingerprint density at radius 3 is 1.92 bits per heavy atom. The van der Waals surface area contributed by atoms with Gasteiger partial charge in [-0.05, 0) is 93.9 Å². The topological polar surface area (TPSA) is 78.9 Å². The molecule has 0 N–H and O–H groups in total. The van der Waals surface area contributed by atoms with Gasteiger partial charge in [-0.2, -0.15) is 0 Å². The van der Waals surface area contributed by atoms with Gasteiger partial charge in [0.15, 0.2) is 6.10 Å². The number of carbonyl (C=O) groups excluding carboxylic acids is 3. The molecule has 0 spiro atoms. The van der Waals surface area contributed by atoms with Crippen LogP contribution in [0.3, 0.4) is 0 Å². The molecule has 0 aliphatic heterocycles. The number of unbranched alkanes of at least 4 members (excludes halogenated alkanes) is 1. The van der Waals surface area contributed by atoms with E-state index in [4.69, 9.17) is 14.2 Å². The average Bonchev–Trinajstić information content (AvgIpc) is 2.90. The number of ether oxygens (including phenoxy) is 3. The minimum atomic E-state index is -0.986. The van der Waals surface area contributed by atoms with E-state index in [1.54, 1.807) is 12.1 Å². The Balaban J connectivity index is 1.40. The first-order valence-electron chi connectivity index (χ1n) is 14.1. The summed E-state index contributed by atoms with van der Waals surface area (Å²) in [7, 11) is 0. The van der Waals surface area contributed by atoms with Gasteiger partial charge in [0.25, 0.3) is 0 Å². The van der Waals surface area contributed by atoms with Gasteiger partial charge in [-0.1, -0.05) is 46.0 Å². The summed E-state index contributed by atoms with van der Waals surface area (Å²) in [4.78, 5) is 36.9. The molecule has 1 aromatic rings. The van der Waals surface area contributed by atoms with E-state index in [0.29, 0.717) is 12.2 Å². The van der Waals surface area contributed by atoms with Gasteiger partial charge in [-0.3, -0.25) is 0 Å². The van der Waals surface area contributed by atoms with Crippen LogP contribution in [0.1, 0.15) is 119 Å². The lowest BCUT2D eigenvalue weighted by molar-refractivity contribution is -0.153. The fourth-order valence-corrected chi connectivity index (χ4v) is 5.71. The first-order chi connectivity index (χ1) is 17.4. The fraction of sp³-hybridized carbons (Fsp3) is 0.700. The maximum atomic E-state index is 12.7. The van der Waals surface area contributed by atoms with Crippen LogP contribution in [0, 0.1) is 17.8 Å². The van der Waals surface area contributed by atoms with Crippen LogP contribution in [-0.4, -0.2) is 36.7 Å². The molecule has 0 radical (unpaired) electrons. The molecule has 1 aromatic carbocycles. The Bertz CT molecular complexity index is 832. The van der Waals surface area contributed by atoms with Crippen molar-refractivity contribution in [2.75, 3.05) is 6.61 Å². The third-order valence-electron chi connectivity index (χ3n) is 7.96. The van der Waals surface area contributed by atoms with Crippen LogP contribution in [0.15, 0.2) is 24.3 Å². The fourth-order valence-electron chi connectivity index (χ4n) is 5.71. The molecule has 3 rings (SSSR count). The summed E-state index contributed by atoms with van der Waals surface area (Å²) in [5.74, 6) is 1.02. The van der Waals surface area contributed by atoms with Gasteiger partial charge in [0, 0.05) is 0 Å². The van der Waals surface area contributed by atoms with Crippen molar-refractivity contribution in [3.63, 3.8) is 0 Å². The van der Waals surface area contributed by atoms with E-state index in [1.165, 1.54) is 57.6 Å². The van der Waals surface area contributed by atoms with Crippen LogP contribution in [0.5, 0.6) is 0 Å². The molecule has 1 atom stereocenters. The number of hydrogen-bond donors (Lipinski definition) is 0. The highest BCUT2D eigenvalue weighted by atomic mass is 16.6. The predicted molar refractivity (Wildman–Crippen MR) is 139 cm³/mol.